The molecule has 0 saturated heterocycles. The van der Waals surface area contributed by atoms with Gasteiger partial charge in [0.05, 0.1) is 19.0 Å². The molecule has 1 aromatic rings. The van der Waals surface area contributed by atoms with Crippen molar-refractivity contribution in [1.29, 1.82) is 0 Å². The average Bonchev–Trinajstić information content (AvgIpc) is 2.02. The highest BCUT2D eigenvalue weighted by Gasteiger charge is 2.28. The maximum Gasteiger partial charge on any atom is 0.148 e. The molecule has 2 N–H and O–H groups in total. The molecule has 1 aromatic heterocycles. The van der Waals surface area contributed by atoms with Crippen LogP contribution in [-0.4, -0.2) is 11.6 Å². The molecule has 78 valence electrons. The van der Waals surface area contributed by atoms with Gasteiger partial charge in [-0.3, -0.25) is 4.98 Å². The van der Waals surface area contributed by atoms with Gasteiger partial charge < -0.3 is 4.84 Å². The van der Waals surface area contributed by atoms with Crippen molar-refractivity contribution in [2.75, 3.05) is 6.61 Å². The van der Waals surface area contributed by atoms with E-state index < -0.39 is 17.0 Å². The molecule has 0 atom stereocenters. The van der Waals surface area contributed by atoms with Gasteiger partial charge in [-0.05, 0) is 0 Å². The molecule has 0 radical (unpaired) electrons. The third-order valence-corrected chi connectivity index (χ3v) is 1.97. The predicted octanol–water partition coefficient (Wildman–Crippen LogP) is 1.53. The number of hydrogen-bond donors (Lipinski definition) is 1. The number of nitrogens with two attached hydrogens (primary N) is 1. The van der Waals surface area contributed by atoms with Crippen molar-refractivity contribution in [3.05, 3.63) is 29.6 Å². The van der Waals surface area contributed by atoms with Gasteiger partial charge in [-0.2, -0.15) is 0 Å². The van der Waals surface area contributed by atoms with E-state index in [1.807, 2.05) is 0 Å². The van der Waals surface area contributed by atoms with Gasteiger partial charge >= 0.3 is 0 Å². The first-order valence-electron chi connectivity index (χ1n) is 4.10. The third kappa shape index (κ3) is 2.05. The summed E-state index contributed by atoms with van der Waals surface area (Å²) in [7, 11) is 0. The number of nitrogens with zero attached hydrogens (tertiary/aromatic N) is 1. The molecule has 0 aliphatic rings. The molecule has 0 aliphatic heterocycles. The minimum absolute atomic E-state index is 0.0326. The van der Waals surface area contributed by atoms with Crippen LogP contribution in [0.3, 0.4) is 0 Å². The van der Waals surface area contributed by atoms with Crippen molar-refractivity contribution in [2.45, 2.75) is 19.3 Å². The lowest BCUT2D eigenvalue weighted by molar-refractivity contribution is 0.0935. The van der Waals surface area contributed by atoms with E-state index in [0.717, 1.165) is 12.4 Å². The standard InChI is InChI=1S/C9H12F2N2O/c1-9(2,5-14-12)8-6(10)3-13-4-7(8)11/h3-4H,5,12H2,1-2H3. The van der Waals surface area contributed by atoms with Crippen LogP contribution in [0.4, 0.5) is 8.78 Å². The molecule has 0 bridgehead atoms. The Hall–Kier alpha value is -1.07. The maximum atomic E-state index is 13.3. The Kier molecular flexibility index (Phi) is 3.13. The summed E-state index contributed by atoms with van der Waals surface area (Å²) in [6.07, 6.45) is 1.94. The lowest BCUT2D eigenvalue weighted by Gasteiger charge is -2.24. The topological polar surface area (TPSA) is 48.1 Å². The number of pyridine rings is 1. The van der Waals surface area contributed by atoms with Crippen LogP contribution in [0.1, 0.15) is 19.4 Å². The minimum atomic E-state index is -0.814. The number of halogens is 2. The summed E-state index contributed by atoms with van der Waals surface area (Å²) >= 11 is 0. The first-order chi connectivity index (χ1) is 6.49. The summed E-state index contributed by atoms with van der Waals surface area (Å²) in [5, 5.41) is 0. The van der Waals surface area contributed by atoms with Crippen LogP contribution < -0.4 is 5.90 Å². The zero-order chi connectivity index (χ0) is 10.8. The van der Waals surface area contributed by atoms with E-state index in [2.05, 4.69) is 9.82 Å². The van der Waals surface area contributed by atoms with Crippen molar-refractivity contribution in [1.82, 2.24) is 4.98 Å². The highest BCUT2D eigenvalue weighted by Crippen LogP contribution is 2.27. The summed E-state index contributed by atoms with van der Waals surface area (Å²) in [6.45, 7) is 3.31. The first kappa shape index (κ1) is 11.0. The second kappa shape index (κ2) is 3.98. The normalized spacial score (nSPS) is 11.8. The number of aromatic nitrogens is 1. The van der Waals surface area contributed by atoms with Crippen LogP contribution in [0.25, 0.3) is 0 Å². The second-order valence-electron chi connectivity index (χ2n) is 3.67. The van der Waals surface area contributed by atoms with Crippen molar-refractivity contribution in [3.63, 3.8) is 0 Å². The van der Waals surface area contributed by atoms with Gasteiger partial charge in [-0.25, -0.2) is 14.7 Å². The highest BCUT2D eigenvalue weighted by atomic mass is 19.1. The molecule has 1 rings (SSSR count). The highest BCUT2D eigenvalue weighted by molar-refractivity contribution is 5.24. The van der Waals surface area contributed by atoms with E-state index in [1.165, 1.54) is 0 Å². The summed E-state index contributed by atoms with van der Waals surface area (Å²) in [5.41, 5.74) is -0.871. The fourth-order valence-electron chi connectivity index (χ4n) is 1.34. The number of rotatable bonds is 3. The summed E-state index contributed by atoms with van der Waals surface area (Å²) in [4.78, 5) is 7.81. The molecule has 0 unspecified atom stereocenters. The van der Waals surface area contributed by atoms with Crippen molar-refractivity contribution in [3.8, 4) is 0 Å². The number of hydrogen-bond acceptors (Lipinski definition) is 3. The van der Waals surface area contributed by atoms with Gasteiger partial charge in [-0.15, -0.1) is 0 Å². The Labute approximate surface area is 80.8 Å². The van der Waals surface area contributed by atoms with Crippen LogP contribution in [0.2, 0.25) is 0 Å². The molecule has 0 fully saturated rings. The Morgan fingerprint density at radius 2 is 1.86 bits per heavy atom. The average molecular weight is 202 g/mol. The quantitative estimate of drug-likeness (QED) is 0.756. The lowest BCUT2D eigenvalue weighted by atomic mass is 9.85. The molecule has 14 heavy (non-hydrogen) atoms. The van der Waals surface area contributed by atoms with Crippen LogP contribution in [0.5, 0.6) is 0 Å². The molecular weight excluding hydrogens is 190 g/mol. The van der Waals surface area contributed by atoms with E-state index in [9.17, 15) is 8.78 Å². The van der Waals surface area contributed by atoms with Crippen molar-refractivity contribution < 1.29 is 13.6 Å². The largest absolute Gasteiger partial charge is 0.304 e. The maximum absolute atomic E-state index is 13.3. The monoisotopic (exact) mass is 202 g/mol. The van der Waals surface area contributed by atoms with E-state index in [4.69, 9.17) is 5.90 Å². The molecule has 0 spiro atoms. The van der Waals surface area contributed by atoms with E-state index in [-0.39, 0.29) is 12.2 Å². The molecule has 0 aliphatic carbocycles. The Morgan fingerprint density at radius 1 is 1.36 bits per heavy atom. The molecule has 0 aromatic carbocycles. The van der Waals surface area contributed by atoms with Crippen molar-refractivity contribution in [2.24, 2.45) is 5.90 Å². The SMILES string of the molecule is CC(C)(CON)c1c(F)cncc1F. The Balaban J connectivity index is 3.17. The zero-order valence-electron chi connectivity index (χ0n) is 8.05. The third-order valence-electron chi connectivity index (χ3n) is 1.97. The predicted molar refractivity (Wildman–Crippen MR) is 47.3 cm³/mol. The van der Waals surface area contributed by atoms with Gasteiger partial charge in [0.15, 0.2) is 0 Å². The van der Waals surface area contributed by atoms with E-state index in [0.29, 0.717) is 0 Å². The summed E-state index contributed by atoms with van der Waals surface area (Å²) in [6, 6.07) is 0. The molecule has 1 heterocycles. The Morgan fingerprint density at radius 3 is 2.29 bits per heavy atom. The van der Waals surface area contributed by atoms with Crippen LogP contribution in [0, 0.1) is 11.6 Å². The lowest BCUT2D eigenvalue weighted by Crippen LogP contribution is -2.28. The van der Waals surface area contributed by atoms with Gasteiger partial charge in [0.1, 0.15) is 11.6 Å². The molecule has 0 saturated carbocycles. The van der Waals surface area contributed by atoms with E-state index in [1.54, 1.807) is 13.8 Å². The smallest absolute Gasteiger partial charge is 0.148 e. The first-order valence-corrected chi connectivity index (χ1v) is 4.10. The van der Waals surface area contributed by atoms with Gasteiger partial charge in [0.25, 0.3) is 0 Å². The molecule has 5 heteroatoms. The Bertz CT molecular complexity index is 308. The molecule has 0 amide bonds. The fourth-order valence-corrected chi connectivity index (χ4v) is 1.34. The summed E-state index contributed by atoms with van der Waals surface area (Å²) < 4.78 is 26.5. The van der Waals surface area contributed by atoms with E-state index >= 15 is 0 Å². The van der Waals surface area contributed by atoms with Gasteiger partial charge in [0.2, 0.25) is 0 Å². The summed E-state index contributed by atoms with van der Waals surface area (Å²) in [5.74, 6) is 3.52. The fraction of sp³-hybridized carbons (Fsp3) is 0.444. The minimum Gasteiger partial charge on any atom is -0.304 e. The van der Waals surface area contributed by atoms with Crippen molar-refractivity contribution >= 4 is 0 Å². The zero-order valence-corrected chi connectivity index (χ0v) is 8.05. The van der Waals surface area contributed by atoms with Gasteiger partial charge in [-0.1, -0.05) is 13.8 Å². The second-order valence-corrected chi connectivity index (χ2v) is 3.67. The van der Waals surface area contributed by atoms with Gasteiger partial charge in [0, 0.05) is 11.0 Å². The molecule has 3 nitrogen and oxygen atoms in total. The van der Waals surface area contributed by atoms with Crippen LogP contribution in [-0.2, 0) is 10.3 Å². The van der Waals surface area contributed by atoms with Crippen LogP contribution >= 0.6 is 0 Å². The van der Waals surface area contributed by atoms with Crippen LogP contribution in [0.15, 0.2) is 12.4 Å². The molecular formula is C9H12F2N2O.